The normalized spacial score (nSPS) is 10.8. The van der Waals surface area contributed by atoms with Crippen molar-refractivity contribution >= 4 is 51.9 Å². The summed E-state index contributed by atoms with van der Waals surface area (Å²) in [6.45, 7) is 5.97. The van der Waals surface area contributed by atoms with Gasteiger partial charge in [-0.3, -0.25) is 9.89 Å². The molecule has 0 aliphatic heterocycles. The second-order valence-electron chi connectivity index (χ2n) is 6.26. The lowest BCUT2D eigenvalue weighted by atomic mass is 10.1. The number of fused-ring (bicyclic) bond motifs is 1. The fraction of sp³-hybridized carbons (Fsp3) is 0.136. The Morgan fingerprint density at radius 2 is 1.97 bits per heavy atom. The molecule has 1 amide bonds. The third kappa shape index (κ3) is 4.36. The number of carbonyl (C=O) groups excluding carboxylic acids is 1. The molecule has 0 atom stereocenters. The molecule has 0 spiro atoms. The van der Waals surface area contributed by atoms with Crippen LogP contribution in [-0.4, -0.2) is 27.3 Å². The van der Waals surface area contributed by atoms with Crippen molar-refractivity contribution in [3.05, 3.63) is 70.4 Å². The Labute approximate surface area is 179 Å². The number of aryl methyl sites for hydroxylation is 1. The van der Waals surface area contributed by atoms with Crippen molar-refractivity contribution in [3.8, 4) is 0 Å². The van der Waals surface area contributed by atoms with Crippen LogP contribution in [0.5, 0.6) is 0 Å². The van der Waals surface area contributed by atoms with Gasteiger partial charge in [0, 0.05) is 39.1 Å². The van der Waals surface area contributed by atoms with Crippen LogP contribution in [0.4, 0.5) is 17.3 Å². The zero-order valence-electron chi connectivity index (χ0n) is 17.0. The number of anilines is 2. The molecule has 2 heterocycles. The summed E-state index contributed by atoms with van der Waals surface area (Å²) in [7, 11) is 0. The van der Waals surface area contributed by atoms with E-state index in [4.69, 9.17) is 17.3 Å². The predicted octanol–water partition coefficient (Wildman–Crippen LogP) is 5.47. The van der Waals surface area contributed by atoms with E-state index in [1.165, 1.54) is 0 Å². The maximum absolute atomic E-state index is 12.0. The van der Waals surface area contributed by atoms with Crippen LogP contribution in [0.15, 0.2) is 53.5 Å². The number of aliphatic imine (C=N–C) groups is 1. The highest BCUT2D eigenvalue weighted by molar-refractivity contribution is 6.30. The van der Waals surface area contributed by atoms with Gasteiger partial charge in [-0.05, 0) is 31.2 Å². The largest absolute Gasteiger partial charge is 0.365 e. The fourth-order valence-electron chi connectivity index (χ4n) is 3.05. The molecule has 0 aliphatic rings. The molecule has 0 aliphatic carbocycles. The second kappa shape index (κ2) is 9.28. The minimum absolute atomic E-state index is 0.175. The van der Waals surface area contributed by atoms with Gasteiger partial charge in [-0.2, -0.15) is 5.10 Å². The minimum atomic E-state index is -0.638. The Morgan fingerprint density at radius 1 is 1.20 bits per heavy atom. The molecule has 0 bridgehead atoms. The summed E-state index contributed by atoms with van der Waals surface area (Å²) < 4.78 is 0. The molecular formula is C22H23ClN6O. The van der Waals surface area contributed by atoms with Crippen LogP contribution in [0.2, 0.25) is 5.02 Å². The van der Waals surface area contributed by atoms with Crippen LogP contribution in [-0.2, 0) is 0 Å². The van der Waals surface area contributed by atoms with E-state index in [0.717, 1.165) is 22.2 Å². The average Bonchev–Trinajstić information content (AvgIpc) is 3.27. The third-order valence-corrected chi connectivity index (χ3v) is 4.58. The van der Waals surface area contributed by atoms with Gasteiger partial charge in [0.15, 0.2) is 5.82 Å². The number of hydrogen-bond acceptors (Lipinski definition) is 4. The summed E-state index contributed by atoms with van der Waals surface area (Å²) in [4.78, 5) is 19.7. The number of amides is 1. The fourth-order valence-corrected chi connectivity index (χ4v) is 3.24. The van der Waals surface area contributed by atoms with Crippen LogP contribution < -0.4 is 11.1 Å². The van der Waals surface area contributed by atoms with E-state index in [-0.39, 0.29) is 11.4 Å². The van der Waals surface area contributed by atoms with Gasteiger partial charge >= 0.3 is 0 Å². The number of nitrogens with one attached hydrogen (secondary N) is 3. The molecule has 8 heteroatoms. The van der Waals surface area contributed by atoms with Gasteiger partial charge in [-0.25, -0.2) is 4.99 Å². The lowest BCUT2D eigenvalue weighted by Gasteiger charge is -2.05. The number of hydrogen-bond donors (Lipinski definition) is 4. The molecule has 2 aromatic heterocycles. The zero-order valence-corrected chi connectivity index (χ0v) is 17.7. The van der Waals surface area contributed by atoms with E-state index in [0.29, 0.717) is 16.5 Å². The predicted molar refractivity (Wildman–Crippen MR) is 123 cm³/mol. The molecule has 30 heavy (non-hydrogen) atoms. The summed E-state index contributed by atoms with van der Waals surface area (Å²) in [5.41, 5.74) is 9.35. The third-order valence-electron chi connectivity index (χ3n) is 4.35. The number of aromatic amines is 2. The van der Waals surface area contributed by atoms with Crippen LogP contribution in [0.3, 0.4) is 0 Å². The average molecular weight is 423 g/mol. The van der Waals surface area contributed by atoms with E-state index < -0.39 is 5.91 Å². The van der Waals surface area contributed by atoms with Gasteiger partial charge in [-0.15, -0.1) is 0 Å². The number of rotatable bonds is 5. The monoisotopic (exact) mass is 422 g/mol. The van der Waals surface area contributed by atoms with Crippen molar-refractivity contribution in [1.29, 1.82) is 0 Å². The van der Waals surface area contributed by atoms with Crippen LogP contribution >= 0.6 is 11.6 Å². The summed E-state index contributed by atoms with van der Waals surface area (Å²) in [6.07, 6.45) is 1.68. The van der Waals surface area contributed by atoms with E-state index in [2.05, 4.69) is 25.5 Å². The SMILES string of the molecule is CC.Cc1[nH]c2ccccc2c1C=Nc1n[nH]c(Nc2cccc(Cl)c2)c1C(N)=O. The van der Waals surface area contributed by atoms with Gasteiger partial charge in [0.1, 0.15) is 11.4 Å². The first-order valence-corrected chi connectivity index (χ1v) is 9.93. The molecule has 2 aromatic carbocycles. The minimum Gasteiger partial charge on any atom is -0.365 e. The zero-order chi connectivity index (χ0) is 21.7. The number of carbonyl (C=O) groups is 1. The number of nitrogens with two attached hydrogens (primary N) is 1. The molecule has 4 rings (SSSR count). The first-order chi connectivity index (χ1) is 14.5. The van der Waals surface area contributed by atoms with Crippen LogP contribution in [0.25, 0.3) is 10.9 Å². The van der Waals surface area contributed by atoms with E-state index >= 15 is 0 Å². The van der Waals surface area contributed by atoms with Gasteiger partial charge in [-0.1, -0.05) is 49.7 Å². The topological polar surface area (TPSA) is 112 Å². The number of para-hydroxylation sites is 1. The number of H-pyrrole nitrogens is 2. The van der Waals surface area contributed by atoms with Crippen molar-refractivity contribution in [2.24, 2.45) is 10.7 Å². The molecule has 0 unspecified atom stereocenters. The molecule has 0 saturated carbocycles. The molecular weight excluding hydrogens is 400 g/mol. The van der Waals surface area contributed by atoms with Gasteiger partial charge in [0.2, 0.25) is 0 Å². The first-order valence-electron chi connectivity index (χ1n) is 9.55. The number of nitrogens with zero attached hydrogens (tertiary/aromatic N) is 2. The Morgan fingerprint density at radius 3 is 2.70 bits per heavy atom. The van der Waals surface area contributed by atoms with Crippen molar-refractivity contribution in [3.63, 3.8) is 0 Å². The molecule has 0 radical (unpaired) electrons. The molecule has 4 aromatic rings. The Balaban J connectivity index is 0.00000124. The molecule has 154 valence electrons. The van der Waals surface area contributed by atoms with E-state index in [9.17, 15) is 4.79 Å². The first kappa shape index (κ1) is 21.1. The van der Waals surface area contributed by atoms with E-state index in [1.807, 2.05) is 51.1 Å². The number of aromatic nitrogens is 3. The second-order valence-corrected chi connectivity index (χ2v) is 6.70. The molecule has 0 fully saturated rings. The Bertz CT molecular complexity index is 1210. The van der Waals surface area contributed by atoms with E-state index in [1.54, 1.807) is 24.4 Å². The number of benzene rings is 2. The maximum atomic E-state index is 12.0. The van der Waals surface area contributed by atoms with Crippen molar-refractivity contribution in [1.82, 2.24) is 15.2 Å². The molecule has 5 N–H and O–H groups in total. The lowest BCUT2D eigenvalue weighted by molar-refractivity contribution is 0.100. The number of halogens is 1. The highest BCUT2D eigenvalue weighted by atomic mass is 35.5. The molecule has 7 nitrogen and oxygen atoms in total. The summed E-state index contributed by atoms with van der Waals surface area (Å²) in [5.74, 6) is -0.0691. The van der Waals surface area contributed by atoms with Gasteiger partial charge in [0.05, 0.1) is 0 Å². The smallest absolute Gasteiger partial charge is 0.256 e. The Hall–Kier alpha value is -3.58. The highest BCUT2D eigenvalue weighted by Gasteiger charge is 2.18. The van der Waals surface area contributed by atoms with Crippen molar-refractivity contribution in [2.75, 3.05) is 5.32 Å². The van der Waals surface area contributed by atoms with Crippen molar-refractivity contribution in [2.45, 2.75) is 20.8 Å². The standard InChI is InChI=1S/C20H17ClN6O.C2H6/c1-11-15(14-7-2-3-8-16(14)24-11)10-23-19-17(18(22)28)20(27-26-19)25-13-6-4-5-12(21)9-13;1-2/h2-10,24H,1H3,(H2,22,28)(H2,25,26,27);1-2H3. The summed E-state index contributed by atoms with van der Waals surface area (Å²) >= 11 is 6.00. The molecule has 0 saturated heterocycles. The van der Waals surface area contributed by atoms with Crippen molar-refractivity contribution < 1.29 is 4.79 Å². The summed E-state index contributed by atoms with van der Waals surface area (Å²) in [6, 6.07) is 15.0. The van der Waals surface area contributed by atoms with Crippen LogP contribution in [0.1, 0.15) is 35.5 Å². The maximum Gasteiger partial charge on any atom is 0.256 e. The van der Waals surface area contributed by atoms with Gasteiger partial charge in [0.25, 0.3) is 5.91 Å². The Kier molecular flexibility index (Phi) is 6.54. The summed E-state index contributed by atoms with van der Waals surface area (Å²) in [5, 5.41) is 11.6. The quantitative estimate of drug-likeness (QED) is 0.320. The lowest BCUT2D eigenvalue weighted by Crippen LogP contribution is -2.12. The number of primary amides is 1. The highest BCUT2D eigenvalue weighted by Crippen LogP contribution is 2.28. The van der Waals surface area contributed by atoms with Gasteiger partial charge < -0.3 is 16.0 Å². The van der Waals surface area contributed by atoms with Crippen LogP contribution in [0, 0.1) is 6.92 Å².